The summed E-state index contributed by atoms with van der Waals surface area (Å²) in [5.41, 5.74) is 0.449. The van der Waals surface area contributed by atoms with Crippen molar-refractivity contribution < 1.29 is 9.84 Å². The molecule has 0 fully saturated rings. The van der Waals surface area contributed by atoms with E-state index >= 15 is 0 Å². The summed E-state index contributed by atoms with van der Waals surface area (Å²) >= 11 is 0. The molecule has 0 saturated heterocycles. The second-order valence-electron chi connectivity index (χ2n) is 4.25. The van der Waals surface area contributed by atoms with E-state index in [2.05, 4.69) is 6.07 Å². The molecule has 3 nitrogen and oxygen atoms in total. The Morgan fingerprint density at radius 2 is 2.06 bits per heavy atom. The van der Waals surface area contributed by atoms with E-state index in [9.17, 15) is 0 Å². The van der Waals surface area contributed by atoms with Gasteiger partial charge in [-0.25, -0.2) is 0 Å². The highest BCUT2D eigenvalue weighted by atomic mass is 16.5. The van der Waals surface area contributed by atoms with Crippen molar-refractivity contribution in [3.05, 3.63) is 35.9 Å². The van der Waals surface area contributed by atoms with Crippen molar-refractivity contribution in [1.82, 2.24) is 0 Å². The third-order valence-electron chi connectivity index (χ3n) is 2.69. The fourth-order valence-electron chi connectivity index (χ4n) is 1.55. The van der Waals surface area contributed by atoms with Gasteiger partial charge in [0.2, 0.25) is 0 Å². The Bertz CT molecular complexity index is 358. The van der Waals surface area contributed by atoms with E-state index in [0.29, 0.717) is 19.4 Å². The average Bonchev–Trinajstić information content (AvgIpc) is 2.38. The molecule has 92 valence electrons. The van der Waals surface area contributed by atoms with Gasteiger partial charge < -0.3 is 9.84 Å². The molecule has 0 aliphatic rings. The Labute approximate surface area is 103 Å². The van der Waals surface area contributed by atoms with Crippen molar-refractivity contribution in [2.45, 2.75) is 31.8 Å². The first-order valence-electron chi connectivity index (χ1n) is 5.90. The lowest BCUT2D eigenvalue weighted by atomic mass is 9.98. The smallest absolute Gasteiger partial charge is 0.151 e. The zero-order chi connectivity index (χ0) is 12.6. The maximum Gasteiger partial charge on any atom is 0.151 e. The van der Waals surface area contributed by atoms with Crippen LogP contribution in [0.5, 0.6) is 0 Å². The summed E-state index contributed by atoms with van der Waals surface area (Å²) in [4.78, 5) is 0. The standard InChI is InChI=1S/C14H19NO2/c1-14(12-15,17-11-5-10-16)9-8-13-6-3-2-4-7-13/h2-4,6-7,16H,5,8-11H2,1H3. The Kier molecular flexibility index (Phi) is 5.68. The van der Waals surface area contributed by atoms with E-state index in [0.717, 1.165) is 6.42 Å². The zero-order valence-corrected chi connectivity index (χ0v) is 10.2. The van der Waals surface area contributed by atoms with Gasteiger partial charge in [0.15, 0.2) is 5.60 Å². The Hall–Kier alpha value is -1.37. The topological polar surface area (TPSA) is 53.2 Å². The molecule has 0 spiro atoms. The second kappa shape index (κ2) is 7.05. The van der Waals surface area contributed by atoms with Crippen LogP contribution in [0.1, 0.15) is 25.3 Å². The van der Waals surface area contributed by atoms with Crippen LogP contribution in [0.25, 0.3) is 0 Å². The minimum atomic E-state index is -0.759. The van der Waals surface area contributed by atoms with Gasteiger partial charge in [-0.05, 0) is 31.7 Å². The molecule has 1 aromatic carbocycles. The van der Waals surface area contributed by atoms with Gasteiger partial charge in [0, 0.05) is 6.61 Å². The van der Waals surface area contributed by atoms with Gasteiger partial charge in [-0.2, -0.15) is 5.26 Å². The van der Waals surface area contributed by atoms with Crippen molar-refractivity contribution in [3.63, 3.8) is 0 Å². The second-order valence-corrected chi connectivity index (χ2v) is 4.25. The van der Waals surface area contributed by atoms with Gasteiger partial charge >= 0.3 is 0 Å². The lowest BCUT2D eigenvalue weighted by Gasteiger charge is -2.22. The molecule has 0 radical (unpaired) electrons. The molecule has 1 atom stereocenters. The van der Waals surface area contributed by atoms with Gasteiger partial charge in [-0.15, -0.1) is 0 Å². The van der Waals surface area contributed by atoms with Crippen molar-refractivity contribution in [3.8, 4) is 6.07 Å². The number of nitriles is 1. The van der Waals surface area contributed by atoms with E-state index in [1.807, 2.05) is 30.3 Å². The molecule has 0 aromatic heterocycles. The Morgan fingerprint density at radius 1 is 1.35 bits per heavy atom. The molecule has 0 bridgehead atoms. The first-order valence-corrected chi connectivity index (χ1v) is 5.90. The van der Waals surface area contributed by atoms with Crippen LogP contribution in [0, 0.1) is 11.3 Å². The first kappa shape index (κ1) is 13.7. The highest BCUT2D eigenvalue weighted by Gasteiger charge is 2.23. The van der Waals surface area contributed by atoms with E-state index in [4.69, 9.17) is 15.1 Å². The number of hydrogen-bond donors (Lipinski definition) is 1. The lowest BCUT2D eigenvalue weighted by Crippen LogP contribution is -2.28. The molecule has 17 heavy (non-hydrogen) atoms. The van der Waals surface area contributed by atoms with E-state index in [-0.39, 0.29) is 6.61 Å². The largest absolute Gasteiger partial charge is 0.396 e. The highest BCUT2D eigenvalue weighted by molar-refractivity contribution is 5.16. The lowest BCUT2D eigenvalue weighted by molar-refractivity contribution is -0.000610. The number of ether oxygens (including phenoxy) is 1. The summed E-state index contributed by atoms with van der Waals surface area (Å²) in [6, 6.07) is 12.3. The van der Waals surface area contributed by atoms with E-state index in [1.54, 1.807) is 6.92 Å². The number of benzene rings is 1. The van der Waals surface area contributed by atoms with Crippen molar-refractivity contribution in [2.75, 3.05) is 13.2 Å². The van der Waals surface area contributed by atoms with Crippen LogP contribution < -0.4 is 0 Å². The summed E-state index contributed by atoms with van der Waals surface area (Å²) in [7, 11) is 0. The molecule has 0 aliphatic carbocycles. The van der Waals surface area contributed by atoms with Crippen LogP contribution in [0.15, 0.2) is 30.3 Å². The minimum Gasteiger partial charge on any atom is -0.396 e. The van der Waals surface area contributed by atoms with Crippen LogP contribution in [-0.4, -0.2) is 23.9 Å². The third-order valence-corrected chi connectivity index (χ3v) is 2.69. The summed E-state index contributed by atoms with van der Waals surface area (Å²) in [5, 5.41) is 17.8. The molecule has 0 aliphatic heterocycles. The van der Waals surface area contributed by atoms with Gasteiger partial charge in [0.25, 0.3) is 0 Å². The number of aliphatic hydroxyl groups is 1. The molecule has 0 heterocycles. The SMILES string of the molecule is CC(C#N)(CCc1ccccc1)OCCCO. The predicted octanol–water partition coefficient (Wildman–Crippen LogP) is 2.30. The summed E-state index contributed by atoms with van der Waals surface area (Å²) in [5.74, 6) is 0. The average molecular weight is 233 g/mol. The number of hydrogen-bond acceptors (Lipinski definition) is 3. The van der Waals surface area contributed by atoms with Crippen LogP contribution in [0.3, 0.4) is 0 Å². The van der Waals surface area contributed by atoms with Crippen LogP contribution in [0.2, 0.25) is 0 Å². The molecule has 1 rings (SSSR count). The molecule has 1 unspecified atom stereocenters. The quantitative estimate of drug-likeness (QED) is 0.735. The maximum absolute atomic E-state index is 9.13. The van der Waals surface area contributed by atoms with Gasteiger partial charge in [0.05, 0.1) is 12.7 Å². The van der Waals surface area contributed by atoms with E-state index < -0.39 is 5.60 Å². The van der Waals surface area contributed by atoms with Gasteiger partial charge in [-0.3, -0.25) is 0 Å². The van der Waals surface area contributed by atoms with Crippen LogP contribution >= 0.6 is 0 Å². The molecular weight excluding hydrogens is 214 g/mol. The monoisotopic (exact) mass is 233 g/mol. The predicted molar refractivity (Wildman–Crippen MR) is 66.4 cm³/mol. The van der Waals surface area contributed by atoms with Crippen LogP contribution in [0.4, 0.5) is 0 Å². The van der Waals surface area contributed by atoms with Gasteiger partial charge in [0.1, 0.15) is 0 Å². The number of aliphatic hydroxyl groups excluding tert-OH is 1. The minimum absolute atomic E-state index is 0.0974. The van der Waals surface area contributed by atoms with Crippen molar-refractivity contribution >= 4 is 0 Å². The molecule has 0 saturated carbocycles. The molecular formula is C14H19NO2. The maximum atomic E-state index is 9.13. The Morgan fingerprint density at radius 3 is 2.65 bits per heavy atom. The molecule has 3 heteroatoms. The fourth-order valence-corrected chi connectivity index (χ4v) is 1.55. The number of aryl methyl sites for hydroxylation is 1. The fraction of sp³-hybridized carbons (Fsp3) is 0.500. The van der Waals surface area contributed by atoms with Crippen molar-refractivity contribution in [1.29, 1.82) is 5.26 Å². The normalized spacial score (nSPS) is 13.9. The van der Waals surface area contributed by atoms with E-state index in [1.165, 1.54) is 5.56 Å². The number of nitrogens with zero attached hydrogens (tertiary/aromatic N) is 1. The zero-order valence-electron chi connectivity index (χ0n) is 10.2. The molecule has 1 aromatic rings. The van der Waals surface area contributed by atoms with Crippen LogP contribution in [-0.2, 0) is 11.2 Å². The summed E-state index contributed by atoms with van der Waals surface area (Å²) in [6.07, 6.45) is 2.06. The van der Waals surface area contributed by atoms with Gasteiger partial charge in [-0.1, -0.05) is 30.3 Å². The molecule has 1 N–H and O–H groups in total. The molecule has 0 amide bonds. The first-order chi connectivity index (χ1) is 8.20. The van der Waals surface area contributed by atoms with Crippen molar-refractivity contribution in [2.24, 2.45) is 0 Å². The highest BCUT2D eigenvalue weighted by Crippen LogP contribution is 2.18. The summed E-state index contributed by atoms with van der Waals surface area (Å²) in [6.45, 7) is 2.32. The number of rotatable bonds is 7. The summed E-state index contributed by atoms with van der Waals surface area (Å²) < 4.78 is 5.52. The third kappa shape index (κ3) is 4.99. The Balaban J connectivity index is 2.44.